The van der Waals surface area contributed by atoms with Gasteiger partial charge in [-0.1, -0.05) is 0 Å². The van der Waals surface area contributed by atoms with Gasteiger partial charge < -0.3 is 5.73 Å². The van der Waals surface area contributed by atoms with E-state index in [9.17, 15) is 4.79 Å². The van der Waals surface area contributed by atoms with Gasteiger partial charge >= 0.3 is 0 Å². The predicted molar refractivity (Wildman–Crippen MR) is 22.8 cm³/mol. The second-order valence-corrected chi connectivity index (χ2v) is 0.773. The van der Waals surface area contributed by atoms with Crippen molar-refractivity contribution in [3.63, 3.8) is 0 Å². The third kappa shape index (κ3) is 3.32. The zero-order valence-electron chi connectivity index (χ0n) is 2.86. The normalized spacial score (nSPS) is 5.50. The first-order chi connectivity index (χ1) is 2.77. The number of hydrogen-bond donors (Lipinski definition) is 1. The maximum atomic E-state index is 9.56. The first-order valence-electron chi connectivity index (χ1n) is 1.18. The van der Waals surface area contributed by atoms with E-state index in [1.165, 1.54) is 0 Å². The Morgan fingerprint density at radius 2 is 2.33 bits per heavy atom. The Morgan fingerprint density at radius 1 is 1.83 bits per heavy atom. The highest BCUT2D eigenvalue weighted by molar-refractivity contribution is 6.31. The van der Waals surface area contributed by atoms with Crippen LogP contribution in [0.15, 0.2) is 0 Å². The van der Waals surface area contributed by atoms with E-state index in [4.69, 9.17) is 11.6 Å². The van der Waals surface area contributed by atoms with E-state index in [1.54, 1.807) is 0 Å². The Bertz CT molecular complexity index is 110. The molecule has 0 aromatic heterocycles. The van der Waals surface area contributed by atoms with E-state index in [0.717, 1.165) is 0 Å². The minimum atomic E-state index is -0.704. The van der Waals surface area contributed by atoms with Gasteiger partial charge in [-0.3, -0.25) is 4.79 Å². The van der Waals surface area contributed by atoms with Gasteiger partial charge in [0.1, 0.15) is 0 Å². The fourth-order valence-corrected chi connectivity index (χ4v) is 0.140. The van der Waals surface area contributed by atoms with Crippen LogP contribution in [0.5, 0.6) is 0 Å². The van der Waals surface area contributed by atoms with Crippen LogP contribution < -0.4 is 5.73 Å². The van der Waals surface area contributed by atoms with E-state index in [0.29, 0.717) is 0 Å². The van der Waals surface area contributed by atoms with E-state index >= 15 is 0 Å². The summed E-state index contributed by atoms with van der Waals surface area (Å²) < 4.78 is 0. The van der Waals surface area contributed by atoms with Crippen molar-refractivity contribution in [2.75, 3.05) is 0 Å². The molecule has 0 saturated carbocycles. The molecule has 0 aliphatic carbocycles. The highest BCUT2D eigenvalue weighted by atomic mass is 35.5. The molecular formula is C3H2ClNO. The summed E-state index contributed by atoms with van der Waals surface area (Å²) in [5.74, 6) is 1.16. The van der Waals surface area contributed by atoms with Gasteiger partial charge in [0, 0.05) is 11.3 Å². The van der Waals surface area contributed by atoms with Gasteiger partial charge in [-0.25, -0.2) is 0 Å². The van der Waals surface area contributed by atoms with Crippen molar-refractivity contribution in [3.05, 3.63) is 0 Å². The molecule has 0 aliphatic heterocycles. The molecule has 0 bridgehead atoms. The van der Waals surface area contributed by atoms with Gasteiger partial charge in [0.05, 0.1) is 0 Å². The topological polar surface area (TPSA) is 43.1 Å². The molecule has 2 nitrogen and oxygen atoms in total. The van der Waals surface area contributed by atoms with Crippen LogP contribution in [0.2, 0.25) is 0 Å². The van der Waals surface area contributed by atoms with Crippen molar-refractivity contribution in [1.82, 2.24) is 0 Å². The summed E-state index contributed by atoms with van der Waals surface area (Å²) in [6.45, 7) is 0. The molecule has 0 saturated heterocycles. The number of rotatable bonds is 0. The average molecular weight is 104 g/mol. The highest BCUT2D eigenvalue weighted by Crippen LogP contribution is 1.58. The van der Waals surface area contributed by atoms with Gasteiger partial charge in [-0.15, -0.1) is 0 Å². The predicted octanol–water partition coefficient (Wildman–Crippen LogP) is -0.329. The third-order valence-electron chi connectivity index (χ3n) is 0.170. The van der Waals surface area contributed by atoms with Crippen LogP contribution in [0, 0.1) is 11.3 Å². The summed E-state index contributed by atoms with van der Waals surface area (Å²) in [5, 5.41) is 1.81. The Morgan fingerprint density at radius 3 is 2.33 bits per heavy atom. The molecule has 0 unspecified atom stereocenters. The molecule has 32 valence electrons. The molecule has 1 amide bonds. The summed E-state index contributed by atoms with van der Waals surface area (Å²) in [5.41, 5.74) is 4.51. The quantitative estimate of drug-likeness (QED) is 0.419. The SMILES string of the molecule is NC(=O)C#CCl. The van der Waals surface area contributed by atoms with Crippen molar-refractivity contribution < 1.29 is 4.79 Å². The molecule has 0 rings (SSSR count). The lowest BCUT2D eigenvalue weighted by Crippen LogP contribution is -2.05. The standard InChI is InChI=1S/C3H2ClNO/c4-2-1-3(5)6/h(H2,5,6). The maximum absolute atomic E-state index is 9.56. The van der Waals surface area contributed by atoms with Gasteiger partial charge in [0.2, 0.25) is 0 Å². The largest absolute Gasteiger partial charge is 0.359 e. The fourth-order valence-electron chi connectivity index (χ4n) is 0.0466. The highest BCUT2D eigenvalue weighted by Gasteiger charge is 1.73. The average Bonchev–Trinajstić information content (AvgIpc) is 1.35. The monoisotopic (exact) mass is 103 g/mol. The third-order valence-corrected chi connectivity index (χ3v) is 0.265. The Balaban J connectivity index is 3.50. The van der Waals surface area contributed by atoms with Crippen LogP contribution in [-0.4, -0.2) is 5.91 Å². The van der Waals surface area contributed by atoms with Crippen molar-refractivity contribution >= 4 is 17.5 Å². The van der Waals surface area contributed by atoms with Gasteiger partial charge in [0.25, 0.3) is 5.91 Å². The fraction of sp³-hybridized carbons (Fsp3) is 0. The summed E-state index contributed by atoms with van der Waals surface area (Å²) in [6, 6.07) is 0. The summed E-state index contributed by atoms with van der Waals surface area (Å²) in [7, 11) is 0. The lowest BCUT2D eigenvalue weighted by atomic mass is 10.7. The lowest BCUT2D eigenvalue weighted by Gasteiger charge is -1.62. The van der Waals surface area contributed by atoms with E-state index in [2.05, 4.69) is 5.73 Å². The van der Waals surface area contributed by atoms with Crippen LogP contribution in [0.3, 0.4) is 0 Å². The Kier molecular flexibility index (Phi) is 2.26. The van der Waals surface area contributed by atoms with Crippen molar-refractivity contribution in [2.45, 2.75) is 0 Å². The number of carbonyl (C=O) groups excluding carboxylic acids is 1. The van der Waals surface area contributed by atoms with Gasteiger partial charge in [-0.2, -0.15) is 0 Å². The smallest absolute Gasteiger partial charge is 0.294 e. The molecule has 0 heterocycles. The van der Waals surface area contributed by atoms with Crippen LogP contribution >= 0.6 is 11.6 Å². The maximum Gasteiger partial charge on any atom is 0.294 e. The first-order valence-corrected chi connectivity index (χ1v) is 1.56. The van der Waals surface area contributed by atoms with Crippen molar-refractivity contribution in [1.29, 1.82) is 0 Å². The van der Waals surface area contributed by atoms with Crippen LogP contribution in [0.1, 0.15) is 0 Å². The van der Waals surface area contributed by atoms with Gasteiger partial charge in [0.15, 0.2) is 0 Å². The minimum Gasteiger partial charge on any atom is -0.359 e. The summed E-state index contributed by atoms with van der Waals surface area (Å²) >= 11 is 4.73. The molecular weight excluding hydrogens is 101 g/mol. The van der Waals surface area contributed by atoms with E-state index in [-0.39, 0.29) is 0 Å². The molecule has 0 spiro atoms. The van der Waals surface area contributed by atoms with Crippen molar-refractivity contribution in [2.24, 2.45) is 5.73 Å². The molecule has 0 aromatic carbocycles. The Labute approximate surface area is 40.3 Å². The summed E-state index contributed by atoms with van der Waals surface area (Å²) in [4.78, 5) is 9.56. The number of halogens is 1. The zero-order valence-corrected chi connectivity index (χ0v) is 3.62. The van der Waals surface area contributed by atoms with Crippen LogP contribution in [0.4, 0.5) is 0 Å². The second-order valence-electron chi connectivity index (χ2n) is 0.584. The molecule has 3 heteroatoms. The summed E-state index contributed by atoms with van der Waals surface area (Å²) in [6.07, 6.45) is 0. The Hall–Kier alpha value is -0.680. The minimum absolute atomic E-state index is 0.704. The number of nitrogens with two attached hydrogens (primary N) is 1. The number of carbonyl (C=O) groups is 1. The van der Waals surface area contributed by atoms with Crippen molar-refractivity contribution in [3.8, 4) is 11.3 Å². The van der Waals surface area contributed by atoms with Gasteiger partial charge in [-0.05, 0) is 11.6 Å². The van der Waals surface area contributed by atoms with E-state index in [1.807, 2.05) is 11.3 Å². The number of hydrogen-bond acceptors (Lipinski definition) is 1. The molecule has 6 heavy (non-hydrogen) atoms. The zero-order chi connectivity index (χ0) is 4.99. The molecule has 0 aromatic rings. The number of amides is 1. The molecule has 0 aliphatic rings. The second kappa shape index (κ2) is 2.55. The lowest BCUT2D eigenvalue weighted by molar-refractivity contribution is -0.112. The first kappa shape index (κ1) is 5.32. The van der Waals surface area contributed by atoms with E-state index < -0.39 is 5.91 Å². The number of primary amides is 1. The molecule has 0 atom stereocenters. The van der Waals surface area contributed by atoms with Crippen LogP contribution in [0.25, 0.3) is 0 Å². The molecule has 0 radical (unpaired) electrons. The van der Waals surface area contributed by atoms with Crippen LogP contribution in [-0.2, 0) is 4.79 Å². The molecule has 0 fully saturated rings. The molecule has 2 N–H and O–H groups in total.